The van der Waals surface area contributed by atoms with Crippen LogP contribution in [-0.4, -0.2) is 30.7 Å². The summed E-state index contributed by atoms with van der Waals surface area (Å²) in [5.74, 6) is 0.743. The van der Waals surface area contributed by atoms with Gasteiger partial charge in [0.05, 0.1) is 6.17 Å². The Morgan fingerprint density at radius 2 is 1.94 bits per heavy atom. The van der Waals surface area contributed by atoms with E-state index in [4.69, 9.17) is 0 Å². The van der Waals surface area contributed by atoms with Crippen molar-refractivity contribution in [3.63, 3.8) is 0 Å². The lowest BCUT2D eigenvalue weighted by molar-refractivity contribution is 0.137. The third kappa shape index (κ3) is 2.53. The number of hydrogen-bond acceptors (Lipinski definition) is 2. The summed E-state index contributed by atoms with van der Waals surface area (Å²) in [5, 5.41) is 3.62. The summed E-state index contributed by atoms with van der Waals surface area (Å²) in [6, 6.07) is 11.0. The molecule has 2 saturated heterocycles. The van der Waals surface area contributed by atoms with Gasteiger partial charge in [0.2, 0.25) is 0 Å². The lowest BCUT2D eigenvalue weighted by atomic mass is 9.90. The highest BCUT2D eigenvalue weighted by Gasteiger charge is 2.27. The number of likely N-dealkylation sites (tertiary alicyclic amines) is 1. The summed E-state index contributed by atoms with van der Waals surface area (Å²) >= 11 is 0. The molecule has 3 rings (SSSR count). The Morgan fingerprint density at radius 1 is 1.06 bits per heavy atom. The Hall–Kier alpha value is -0.860. The molecule has 17 heavy (non-hydrogen) atoms. The fourth-order valence-corrected chi connectivity index (χ4v) is 3.26. The van der Waals surface area contributed by atoms with Crippen molar-refractivity contribution >= 4 is 0 Å². The zero-order valence-electron chi connectivity index (χ0n) is 10.4. The minimum atomic E-state index is 0.654. The van der Waals surface area contributed by atoms with Crippen molar-refractivity contribution in [3.05, 3.63) is 35.9 Å². The molecule has 0 aliphatic carbocycles. The van der Waals surface area contributed by atoms with Crippen LogP contribution in [0.2, 0.25) is 0 Å². The summed E-state index contributed by atoms with van der Waals surface area (Å²) in [6.45, 7) is 3.72. The van der Waals surface area contributed by atoms with Crippen molar-refractivity contribution in [3.8, 4) is 0 Å². The maximum absolute atomic E-state index is 3.62. The highest BCUT2D eigenvalue weighted by Crippen LogP contribution is 2.28. The summed E-state index contributed by atoms with van der Waals surface area (Å²) in [4.78, 5) is 2.66. The highest BCUT2D eigenvalue weighted by atomic mass is 15.3. The second-order valence-electron chi connectivity index (χ2n) is 5.36. The first-order valence-corrected chi connectivity index (χ1v) is 6.96. The molecule has 0 bridgehead atoms. The smallest absolute Gasteiger partial charge is 0.0597 e. The lowest BCUT2D eigenvalue weighted by Crippen LogP contribution is -2.46. The lowest BCUT2D eigenvalue weighted by Gasteiger charge is -2.37. The second-order valence-corrected chi connectivity index (χ2v) is 5.36. The molecular weight excluding hydrogens is 208 g/mol. The topological polar surface area (TPSA) is 15.3 Å². The van der Waals surface area contributed by atoms with E-state index in [0.717, 1.165) is 5.92 Å². The molecule has 0 spiro atoms. The Morgan fingerprint density at radius 3 is 2.71 bits per heavy atom. The van der Waals surface area contributed by atoms with Crippen LogP contribution in [0.1, 0.15) is 37.2 Å². The molecule has 2 fully saturated rings. The molecule has 2 unspecified atom stereocenters. The first kappa shape index (κ1) is 11.2. The molecule has 92 valence electrons. The predicted molar refractivity (Wildman–Crippen MR) is 71.0 cm³/mol. The molecular formula is C15H22N2. The van der Waals surface area contributed by atoms with Crippen LogP contribution in [0.4, 0.5) is 0 Å². The maximum Gasteiger partial charge on any atom is 0.0597 e. The van der Waals surface area contributed by atoms with E-state index >= 15 is 0 Å². The van der Waals surface area contributed by atoms with Gasteiger partial charge in [-0.1, -0.05) is 30.3 Å². The van der Waals surface area contributed by atoms with Gasteiger partial charge >= 0.3 is 0 Å². The third-order valence-corrected chi connectivity index (χ3v) is 4.20. The van der Waals surface area contributed by atoms with Gasteiger partial charge in [-0.15, -0.1) is 0 Å². The molecule has 0 saturated carbocycles. The van der Waals surface area contributed by atoms with Gasteiger partial charge in [0.15, 0.2) is 0 Å². The molecule has 2 heteroatoms. The molecule has 0 aromatic heterocycles. The van der Waals surface area contributed by atoms with Crippen LogP contribution < -0.4 is 5.32 Å². The van der Waals surface area contributed by atoms with E-state index in [0.29, 0.717) is 6.17 Å². The van der Waals surface area contributed by atoms with E-state index in [-0.39, 0.29) is 0 Å². The largest absolute Gasteiger partial charge is 0.302 e. The monoisotopic (exact) mass is 230 g/mol. The Bertz CT molecular complexity index is 343. The van der Waals surface area contributed by atoms with Crippen LogP contribution in [0.5, 0.6) is 0 Å². The van der Waals surface area contributed by atoms with Gasteiger partial charge < -0.3 is 5.32 Å². The Kier molecular flexibility index (Phi) is 3.44. The van der Waals surface area contributed by atoms with Crippen LogP contribution in [0.15, 0.2) is 30.3 Å². The zero-order valence-corrected chi connectivity index (χ0v) is 10.4. The van der Waals surface area contributed by atoms with Crippen molar-refractivity contribution in [2.24, 2.45) is 0 Å². The van der Waals surface area contributed by atoms with Crippen molar-refractivity contribution < 1.29 is 0 Å². The number of benzene rings is 1. The molecule has 0 radical (unpaired) electrons. The summed E-state index contributed by atoms with van der Waals surface area (Å²) in [6.07, 6.45) is 6.03. The molecule has 2 aliphatic heterocycles. The van der Waals surface area contributed by atoms with Gasteiger partial charge in [-0.25, -0.2) is 0 Å². The number of nitrogens with one attached hydrogen (secondary N) is 1. The second kappa shape index (κ2) is 5.19. The van der Waals surface area contributed by atoms with Crippen LogP contribution >= 0.6 is 0 Å². The minimum Gasteiger partial charge on any atom is -0.302 e. The fourth-order valence-electron chi connectivity index (χ4n) is 3.26. The number of rotatable bonds is 2. The first-order chi connectivity index (χ1) is 8.43. The summed E-state index contributed by atoms with van der Waals surface area (Å²) in [5.41, 5.74) is 1.52. The number of nitrogens with zero attached hydrogens (tertiary/aromatic N) is 1. The van der Waals surface area contributed by atoms with E-state index in [1.165, 1.54) is 50.9 Å². The molecule has 1 N–H and O–H groups in total. The maximum atomic E-state index is 3.62. The van der Waals surface area contributed by atoms with Gasteiger partial charge in [0.25, 0.3) is 0 Å². The number of hydrogen-bond donors (Lipinski definition) is 1. The Balaban J connectivity index is 1.67. The van der Waals surface area contributed by atoms with Gasteiger partial charge in [-0.3, -0.25) is 4.90 Å². The van der Waals surface area contributed by atoms with E-state index in [1.54, 1.807) is 0 Å². The molecule has 2 heterocycles. The molecule has 1 aromatic carbocycles. The molecule has 0 amide bonds. The molecule has 2 aliphatic rings. The SMILES string of the molecule is c1ccc(C2CCCN(C3CCCN3)C2)cc1. The normalized spacial score (nSPS) is 30.6. The highest BCUT2D eigenvalue weighted by molar-refractivity contribution is 5.20. The van der Waals surface area contributed by atoms with Crippen LogP contribution in [0, 0.1) is 0 Å². The first-order valence-electron chi connectivity index (χ1n) is 6.96. The van der Waals surface area contributed by atoms with Crippen LogP contribution in [0.25, 0.3) is 0 Å². The van der Waals surface area contributed by atoms with E-state index in [1.807, 2.05) is 0 Å². The van der Waals surface area contributed by atoms with Crippen molar-refractivity contribution in [2.45, 2.75) is 37.8 Å². The molecule has 1 aromatic rings. The molecule has 2 atom stereocenters. The average Bonchev–Trinajstić information content (AvgIpc) is 2.94. The minimum absolute atomic E-state index is 0.654. The predicted octanol–water partition coefficient (Wildman–Crippen LogP) is 2.58. The van der Waals surface area contributed by atoms with E-state index in [9.17, 15) is 0 Å². The van der Waals surface area contributed by atoms with Crippen LogP contribution in [0.3, 0.4) is 0 Å². The third-order valence-electron chi connectivity index (χ3n) is 4.20. The number of piperidine rings is 1. The Labute approximate surface area is 104 Å². The van der Waals surface area contributed by atoms with Crippen molar-refractivity contribution in [1.82, 2.24) is 10.2 Å². The zero-order chi connectivity index (χ0) is 11.5. The fraction of sp³-hybridized carbons (Fsp3) is 0.600. The van der Waals surface area contributed by atoms with Crippen molar-refractivity contribution in [1.29, 1.82) is 0 Å². The van der Waals surface area contributed by atoms with Gasteiger partial charge in [0, 0.05) is 6.54 Å². The molecule has 2 nitrogen and oxygen atoms in total. The standard InChI is InChI=1S/C15H22N2/c1-2-6-13(7-3-1)14-8-5-11-17(12-14)15-9-4-10-16-15/h1-3,6-7,14-16H,4-5,8-12H2. The van der Waals surface area contributed by atoms with Gasteiger partial charge in [-0.2, -0.15) is 0 Å². The summed E-state index contributed by atoms with van der Waals surface area (Å²) < 4.78 is 0. The van der Waals surface area contributed by atoms with E-state index < -0.39 is 0 Å². The van der Waals surface area contributed by atoms with Crippen molar-refractivity contribution in [2.75, 3.05) is 19.6 Å². The quantitative estimate of drug-likeness (QED) is 0.840. The van der Waals surface area contributed by atoms with Gasteiger partial charge in [0.1, 0.15) is 0 Å². The van der Waals surface area contributed by atoms with Crippen LogP contribution in [-0.2, 0) is 0 Å². The average molecular weight is 230 g/mol. The summed E-state index contributed by atoms with van der Waals surface area (Å²) in [7, 11) is 0. The van der Waals surface area contributed by atoms with Gasteiger partial charge in [-0.05, 0) is 50.3 Å². The van der Waals surface area contributed by atoms with E-state index in [2.05, 4.69) is 40.5 Å².